The number of nitrogens with zero attached hydrogens (tertiary/aromatic N) is 1. The van der Waals surface area contributed by atoms with Gasteiger partial charge in [0.05, 0.1) is 6.04 Å². The number of nitrogens with one attached hydrogen (secondary N) is 1. The maximum absolute atomic E-state index is 12.2. The number of piperidine rings is 1. The molecule has 2 aliphatic rings. The minimum atomic E-state index is 0. The third-order valence-corrected chi connectivity index (χ3v) is 4.49. The molecule has 4 heteroatoms. The molecule has 0 aromatic carbocycles. The number of hydrogen-bond acceptors (Lipinski definition) is 2. The molecule has 2 heterocycles. The Balaban J connectivity index is 0.00000144. The third-order valence-electron chi connectivity index (χ3n) is 4.49. The van der Waals surface area contributed by atoms with Crippen LogP contribution in [0.4, 0.5) is 0 Å². The Morgan fingerprint density at radius 1 is 1.41 bits per heavy atom. The summed E-state index contributed by atoms with van der Waals surface area (Å²) in [6.45, 7) is 7.54. The summed E-state index contributed by atoms with van der Waals surface area (Å²) in [5, 5.41) is 3.30. The van der Waals surface area contributed by atoms with E-state index in [1.807, 2.05) is 0 Å². The normalized spacial score (nSPS) is 27.6. The van der Waals surface area contributed by atoms with Crippen LogP contribution in [0.25, 0.3) is 0 Å². The molecule has 3 nitrogen and oxygen atoms in total. The first-order chi connectivity index (χ1) is 7.64. The minimum Gasteiger partial charge on any atom is -0.341 e. The Labute approximate surface area is 111 Å². The zero-order valence-corrected chi connectivity index (χ0v) is 11.8. The molecule has 2 aliphatic heterocycles. The van der Waals surface area contributed by atoms with Crippen LogP contribution in [0.15, 0.2) is 0 Å². The molecule has 0 aromatic rings. The smallest absolute Gasteiger partial charge is 0.239 e. The molecule has 17 heavy (non-hydrogen) atoms. The van der Waals surface area contributed by atoms with Crippen molar-refractivity contribution in [2.75, 3.05) is 19.6 Å². The van der Waals surface area contributed by atoms with Gasteiger partial charge in [0.1, 0.15) is 0 Å². The Bertz CT molecular complexity index is 256. The number of amides is 1. The maximum atomic E-state index is 12.2. The van der Waals surface area contributed by atoms with Gasteiger partial charge in [-0.3, -0.25) is 4.79 Å². The molecule has 0 spiro atoms. The summed E-state index contributed by atoms with van der Waals surface area (Å²) in [6, 6.07) is 0.117. The number of halogens is 1. The van der Waals surface area contributed by atoms with Gasteiger partial charge in [0.2, 0.25) is 5.91 Å². The third kappa shape index (κ3) is 3.35. The molecule has 1 N–H and O–H groups in total. The van der Waals surface area contributed by atoms with Crippen molar-refractivity contribution in [3.8, 4) is 0 Å². The Hall–Kier alpha value is -0.280. The second kappa shape index (κ2) is 6.05. The molecule has 1 unspecified atom stereocenters. The molecular weight excluding hydrogens is 236 g/mol. The van der Waals surface area contributed by atoms with Crippen LogP contribution in [0, 0.1) is 5.41 Å². The lowest BCUT2D eigenvalue weighted by molar-refractivity contribution is -0.135. The summed E-state index contributed by atoms with van der Waals surface area (Å²) in [4.78, 5) is 14.2. The van der Waals surface area contributed by atoms with Gasteiger partial charge >= 0.3 is 0 Å². The number of carbonyl (C=O) groups excluding carboxylic acids is 1. The molecule has 1 atom stereocenters. The van der Waals surface area contributed by atoms with Crippen LogP contribution in [-0.2, 0) is 4.79 Å². The fourth-order valence-electron chi connectivity index (χ4n) is 2.74. The monoisotopic (exact) mass is 260 g/mol. The van der Waals surface area contributed by atoms with E-state index in [4.69, 9.17) is 0 Å². The van der Waals surface area contributed by atoms with Gasteiger partial charge in [-0.25, -0.2) is 0 Å². The predicted molar refractivity (Wildman–Crippen MR) is 72.5 cm³/mol. The largest absolute Gasteiger partial charge is 0.341 e. The predicted octanol–water partition coefficient (Wildman–Crippen LogP) is 2.20. The van der Waals surface area contributed by atoms with Crippen LogP contribution in [0.1, 0.15) is 46.0 Å². The Kier molecular flexibility index (Phi) is 5.26. The molecule has 2 saturated heterocycles. The summed E-state index contributed by atoms with van der Waals surface area (Å²) in [7, 11) is 0. The minimum absolute atomic E-state index is 0. The maximum Gasteiger partial charge on any atom is 0.239 e. The van der Waals surface area contributed by atoms with Crippen molar-refractivity contribution in [2.45, 2.75) is 52.0 Å². The fourth-order valence-corrected chi connectivity index (χ4v) is 2.74. The Morgan fingerprint density at radius 3 is 2.53 bits per heavy atom. The van der Waals surface area contributed by atoms with Crippen molar-refractivity contribution < 1.29 is 4.79 Å². The lowest BCUT2D eigenvalue weighted by atomic mass is 9.78. The Morgan fingerprint density at radius 2 is 2.06 bits per heavy atom. The van der Waals surface area contributed by atoms with Crippen molar-refractivity contribution >= 4 is 18.3 Å². The van der Waals surface area contributed by atoms with Gasteiger partial charge < -0.3 is 10.2 Å². The molecule has 0 aromatic heterocycles. The molecule has 2 fully saturated rings. The molecular formula is C13H25ClN2O. The van der Waals surface area contributed by atoms with E-state index in [2.05, 4.69) is 24.1 Å². The zero-order chi connectivity index (χ0) is 11.6. The van der Waals surface area contributed by atoms with Crippen LogP contribution in [0.2, 0.25) is 0 Å². The van der Waals surface area contributed by atoms with Crippen LogP contribution in [0.3, 0.4) is 0 Å². The van der Waals surface area contributed by atoms with Gasteiger partial charge in [-0.1, -0.05) is 20.3 Å². The van der Waals surface area contributed by atoms with Crippen molar-refractivity contribution in [1.29, 1.82) is 0 Å². The number of carbonyl (C=O) groups is 1. The summed E-state index contributed by atoms with van der Waals surface area (Å²) >= 11 is 0. The zero-order valence-electron chi connectivity index (χ0n) is 11.0. The van der Waals surface area contributed by atoms with Crippen LogP contribution < -0.4 is 5.32 Å². The van der Waals surface area contributed by atoms with Crippen molar-refractivity contribution in [3.05, 3.63) is 0 Å². The molecule has 0 aliphatic carbocycles. The van der Waals surface area contributed by atoms with Crippen molar-refractivity contribution in [2.24, 2.45) is 5.41 Å². The van der Waals surface area contributed by atoms with Crippen LogP contribution in [0.5, 0.6) is 0 Å². The van der Waals surface area contributed by atoms with Gasteiger partial charge in [-0.05, 0) is 37.6 Å². The number of hydrogen-bond donors (Lipinski definition) is 1. The first-order valence-electron chi connectivity index (χ1n) is 6.67. The van der Waals surface area contributed by atoms with E-state index in [1.165, 1.54) is 19.3 Å². The highest BCUT2D eigenvalue weighted by Gasteiger charge is 2.33. The molecule has 0 saturated carbocycles. The lowest BCUT2D eigenvalue weighted by Gasteiger charge is -2.39. The second-order valence-electron chi connectivity index (χ2n) is 5.64. The average Bonchev–Trinajstić information content (AvgIpc) is 2.83. The number of rotatable bonds is 2. The summed E-state index contributed by atoms with van der Waals surface area (Å²) in [5.41, 5.74) is 0.472. The lowest BCUT2D eigenvalue weighted by Crippen LogP contribution is -2.48. The summed E-state index contributed by atoms with van der Waals surface area (Å²) in [5.74, 6) is 0.343. The van der Waals surface area contributed by atoms with Crippen molar-refractivity contribution in [1.82, 2.24) is 10.2 Å². The van der Waals surface area contributed by atoms with E-state index in [-0.39, 0.29) is 18.4 Å². The summed E-state index contributed by atoms with van der Waals surface area (Å²) in [6.07, 6.45) is 5.75. The van der Waals surface area contributed by atoms with E-state index in [9.17, 15) is 4.79 Å². The van der Waals surface area contributed by atoms with E-state index in [1.54, 1.807) is 0 Å². The highest BCUT2D eigenvalue weighted by molar-refractivity contribution is 5.85. The molecule has 0 bridgehead atoms. The van der Waals surface area contributed by atoms with Gasteiger partial charge in [0, 0.05) is 13.1 Å². The summed E-state index contributed by atoms with van der Waals surface area (Å²) < 4.78 is 0. The van der Waals surface area contributed by atoms with Gasteiger partial charge in [-0.2, -0.15) is 0 Å². The highest BCUT2D eigenvalue weighted by atomic mass is 35.5. The first-order valence-corrected chi connectivity index (χ1v) is 6.67. The molecule has 100 valence electrons. The van der Waals surface area contributed by atoms with E-state index in [0.717, 1.165) is 32.5 Å². The second-order valence-corrected chi connectivity index (χ2v) is 5.64. The van der Waals surface area contributed by atoms with Crippen molar-refractivity contribution in [3.63, 3.8) is 0 Å². The number of likely N-dealkylation sites (tertiary alicyclic amines) is 1. The van der Waals surface area contributed by atoms with E-state index >= 15 is 0 Å². The molecule has 0 radical (unpaired) electrons. The van der Waals surface area contributed by atoms with Gasteiger partial charge in [-0.15, -0.1) is 12.4 Å². The first kappa shape index (κ1) is 14.8. The average molecular weight is 261 g/mol. The van der Waals surface area contributed by atoms with Crippen LogP contribution >= 0.6 is 12.4 Å². The van der Waals surface area contributed by atoms with Gasteiger partial charge in [0.15, 0.2) is 0 Å². The van der Waals surface area contributed by atoms with E-state index < -0.39 is 0 Å². The standard InChI is InChI=1S/C13H24N2O.ClH/c1-3-13(2)6-9-15(10-7-13)12(16)11-5-4-8-14-11;/h11,14H,3-10H2,1-2H3;1H. The van der Waals surface area contributed by atoms with E-state index in [0.29, 0.717) is 11.3 Å². The quantitative estimate of drug-likeness (QED) is 0.826. The fraction of sp³-hybridized carbons (Fsp3) is 0.923. The SMILES string of the molecule is CCC1(C)CCN(C(=O)C2CCCN2)CC1.Cl. The van der Waals surface area contributed by atoms with Gasteiger partial charge in [0.25, 0.3) is 0 Å². The molecule has 1 amide bonds. The van der Waals surface area contributed by atoms with Crippen LogP contribution in [-0.4, -0.2) is 36.5 Å². The highest BCUT2D eigenvalue weighted by Crippen LogP contribution is 2.34. The topological polar surface area (TPSA) is 32.3 Å². The molecule has 2 rings (SSSR count).